The van der Waals surface area contributed by atoms with Crippen LogP contribution >= 0.6 is 23.4 Å². The third kappa shape index (κ3) is 3.67. The number of carbonyl (C=O) groups excluding carboxylic acids is 2. The number of carboxylic acids is 1. The maximum Gasteiger partial charge on any atom is 0.308 e. The molecule has 3 heterocycles. The molecule has 0 radical (unpaired) electrons. The lowest BCUT2D eigenvalue weighted by Gasteiger charge is -2.37. The highest BCUT2D eigenvalue weighted by Gasteiger charge is 2.77. The molecule has 3 aliphatic heterocycles. The van der Waals surface area contributed by atoms with Crippen LogP contribution in [-0.2, 0) is 14.4 Å². The minimum Gasteiger partial charge on any atom is -0.481 e. The number of thioether (sulfide) groups is 1. The van der Waals surface area contributed by atoms with Gasteiger partial charge in [0.05, 0.1) is 27.3 Å². The van der Waals surface area contributed by atoms with E-state index in [1.165, 1.54) is 11.8 Å². The zero-order valence-corrected chi connectivity index (χ0v) is 20.1. The Morgan fingerprint density at radius 3 is 2.70 bits per heavy atom. The molecule has 3 saturated heterocycles. The lowest BCUT2D eigenvalue weighted by molar-refractivity contribution is -0.150. The third-order valence-corrected chi connectivity index (χ3v) is 9.61. The second-order valence-corrected chi connectivity index (χ2v) is 11.5. The summed E-state index contributed by atoms with van der Waals surface area (Å²) in [5, 5.41) is 19.7. The molecule has 1 spiro atoms. The zero-order chi connectivity index (χ0) is 24.0. The van der Waals surface area contributed by atoms with Gasteiger partial charge in [-0.15, -0.1) is 18.3 Å². The first-order chi connectivity index (χ1) is 15.7. The second kappa shape index (κ2) is 8.96. The van der Waals surface area contributed by atoms with Gasteiger partial charge >= 0.3 is 5.97 Å². The monoisotopic (exact) mass is 492 g/mol. The van der Waals surface area contributed by atoms with Crippen LogP contribution < -0.4 is 4.90 Å². The summed E-state index contributed by atoms with van der Waals surface area (Å²) in [6.45, 7) is 6.19. The molecule has 0 aromatic heterocycles. The fourth-order valence-electron chi connectivity index (χ4n) is 5.97. The molecule has 5 atom stereocenters. The summed E-state index contributed by atoms with van der Waals surface area (Å²) in [5.74, 6) is -3.12. The van der Waals surface area contributed by atoms with E-state index in [2.05, 4.69) is 6.58 Å². The first-order valence-corrected chi connectivity index (χ1v) is 12.4. The molecule has 178 valence electrons. The van der Waals surface area contributed by atoms with Crippen molar-refractivity contribution in [1.82, 2.24) is 4.90 Å². The van der Waals surface area contributed by atoms with Crippen LogP contribution in [0.15, 0.2) is 36.9 Å². The first kappa shape index (κ1) is 24.1. The van der Waals surface area contributed by atoms with Crippen molar-refractivity contribution >= 4 is 46.8 Å². The van der Waals surface area contributed by atoms with E-state index in [1.807, 2.05) is 6.92 Å². The van der Waals surface area contributed by atoms with E-state index in [1.54, 1.807) is 40.1 Å². The number of aliphatic hydroxyl groups excluding tert-OH is 1. The lowest BCUT2D eigenvalue weighted by atomic mass is 9.66. The lowest BCUT2D eigenvalue weighted by Crippen LogP contribution is -2.55. The fraction of sp³-hybridized carbons (Fsp3) is 0.542. The molecule has 1 aromatic rings. The van der Waals surface area contributed by atoms with E-state index in [-0.39, 0.29) is 25.0 Å². The average molecular weight is 493 g/mol. The minimum absolute atomic E-state index is 0.0119. The number of carbonyl (C=O) groups is 3. The van der Waals surface area contributed by atoms with Crippen LogP contribution in [0, 0.1) is 11.8 Å². The highest BCUT2D eigenvalue weighted by molar-refractivity contribution is 8.02. The van der Waals surface area contributed by atoms with Gasteiger partial charge in [0.1, 0.15) is 6.04 Å². The number of anilines is 1. The van der Waals surface area contributed by atoms with Gasteiger partial charge in [0.2, 0.25) is 5.91 Å². The van der Waals surface area contributed by atoms with Crippen LogP contribution in [0.2, 0.25) is 5.02 Å². The Labute approximate surface area is 202 Å². The number of amides is 2. The summed E-state index contributed by atoms with van der Waals surface area (Å²) in [6.07, 6.45) is 3.88. The predicted octanol–water partition coefficient (Wildman–Crippen LogP) is 3.20. The largest absolute Gasteiger partial charge is 0.481 e. The number of unbranched alkanes of at least 4 members (excludes halogenated alkanes) is 1. The highest BCUT2D eigenvalue weighted by atomic mass is 35.5. The number of nitrogens with zero attached hydrogens (tertiary/aromatic N) is 2. The average Bonchev–Trinajstić information content (AvgIpc) is 3.33. The summed E-state index contributed by atoms with van der Waals surface area (Å²) in [7, 11) is 0. The van der Waals surface area contributed by atoms with Crippen molar-refractivity contribution in [2.45, 2.75) is 48.1 Å². The third-order valence-electron chi connectivity index (χ3n) is 7.30. The van der Waals surface area contributed by atoms with Gasteiger partial charge in [-0.25, -0.2) is 0 Å². The normalized spacial score (nSPS) is 32.2. The standard InChI is InChI=1S/C24H29ClN2O5S/c1-3-12-26(16-9-5-4-8-15(16)25)21(30)19-24-11-10-23(2,33-24)18(22(31)32)17(24)20(29)27(19)13-6-7-14-28/h3-5,8-9,17-19,28H,1,6-7,10-14H2,2H3,(H,31,32)/t17-,18+,19?,23-,24?/m0/s1. The van der Waals surface area contributed by atoms with Gasteiger partial charge in [0.25, 0.3) is 5.91 Å². The van der Waals surface area contributed by atoms with Crippen molar-refractivity contribution in [3.8, 4) is 0 Å². The van der Waals surface area contributed by atoms with Gasteiger partial charge in [0.15, 0.2) is 0 Å². The van der Waals surface area contributed by atoms with E-state index in [0.717, 1.165) is 0 Å². The molecule has 2 N–H and O–H groups in total. The first-order valence-electron chi connectivity index (χ1n) is 11.2. The maximum absolute atomic E-state index is 14.2. The number of hydrogen-bond acceptors (Lipinski definition) is 5. The summed E-state index contributed by atoms with van der Waals surface area (Å²) in [4.78, 5) is 43.3. The number of benzene rings is 1. The molecule has 3 fully saturated rings. The van der Waals surface area contributed by atoms with Crippen molar-refractivity contribution in [3.05, 3.63) is 41.9 Å². The van der Waals surface area contributed by atoms with Crippen LogP contribution in [0.25, 0.3) is 0 Å². The molecule has 3 aliphatic rings. The summed E-state index contributed by atoms with van der Waals surface area (Å²) in [6, 6.07) is 6.23. The minimum atomic E-state index is -0.984. The summed E-state index contributed by atoms with van der Waals surface area (Å²) < 4.78 is -1.39. The number of halogens is 1. The molecule has 33 heavy (non-hydrogen) atoms. The van der Waals surface area contributed by atoms with E-state index in [4.69, 9.17) is 11.6 Å². The van der Waals surface area contributed by atoms with Gasteiger partial charge in [-0.3, -0.25) is 14.4 Å². The Bertz CT molecular complexity index is 989. The van der Waals surface area contributed by atoms with Crippen molar-refractivity contribution in [2.24, 2.45) is 11.8 Å². The van der Waals surface area contributed by atoms with Crippen LogP contribution in [0.3, 0.4) is 0 Å². The molecule has 0 aliphatic carbocycles. The molecule has 0 saturated carbocycles. The number of aliphatic hydroxyl groups is 1. The number of likely N-dealkylation sites (tertiary alicyclic amines) is 1. The Hall–Kier alpha value is -2.03. The summed E-state index contributed by atoms with van der Waals surface area (Å²) >= 11 is 7.94. The van der Waals surface area contributed by atoms with Crippen molar-refractivity contribution in [3.63, 3.8) is 0 Å². The Morgan fingerprint density at radius 2 is 2.06 bits per heavy atom. The van der Waals surface area contributed by atoms with Crippen LogP contribution in [0.4, 0.5) is 5.69 Å². The van der Waals surface area contributed by atoms with Crippen molar-refractivity contribution in [2.75, 3.05) is 24.6 Å². The number of aliphatic carboxylic acids is 1. The molecule has 2 bridgehead atoms. The van der Waals surface area contributed by atoms with Crippen LogP contribution in [0.1, 0.15) is 32.6 Å². The smallest absolute Gasteiger partial charge is 0.308 e. The number of carboxylic acid groups (broad SMARTS) is 1. The molecule has 4 rings (SSSR count). The fourth-order valence-corrected chi connectivity index (χ4v) is 8.55. The van der Waals surface area contributed by atoms with E-state index in [0.29, 0.717) is 42.9 Å². The Balaban J connectivity index is 1.80. The predicted molar refractivity (Wildman–Crippen MR) is 128 cm³/mol. The van der Waals surface area contributed by atoms with E-state index < -0.39 is 33.3 Å². The zero-order valence-electron chi connectivity index (χ0n) is 18.6. The number of rotatable bonds is 9. The highest BCUT2D eigenvalue weighted by Crippen LogP contribution is 2.71. The van der Waals surface area contributed by atoms with Gasteiger partial charge in [0, 0.05) is 24.4 Å². The van der Waals surface area contributed by atoms with E-state index in [9.17, 15) is 24.6 Å². The Kier molecular flexibility index (Phi) is 6.55. The van der Waals surface area contributed by atoms with E-state index >= 15 is 0 Å². The van der Waals surface area contributed by atoms with Crippen molar-refractivity contribution < 1.29 is 24.6 Å². The van der Waals surface area contributed by atoms with Gasteiger partial charge in [-0.1, -0.05) is 29.8 Å². The second-order valence-electron chi connectivity index (χ2n) is 9.22. The van der Waals surface area contributed by atoms with Crippen molar-refractivity contribution in [1.29, 1.82) is 0 Å². The Morgan fingerprint density at radius 1 is 1.33 bits per heavy atom. The molecule has 9 heteroatoms. The number of para-hydroxylation sites is 1. The number of fused-ring (bicyclic) bond motifs is 1. The van der Waals surface area contributed by atoms with Gasteiger partial charge < -0.3 is 20.0 Å². The SMILES string of the molecule is C=CCN(C(=O)C1N(CCCCO)C(=O)[C@@H]2[C@H](C(=O)O)[C@]3(C)CCC12S3)c1ccccc1Cl. The van der Waals surface area contributed by atoms with Crippen LogP contribution in [-0.4, -0.2) is 68.1 Å². The number of hydrogen-bond donors (Lipinski definition) is 2. The van der Waals surface area contributed by atoms with Crippen LogP contribution in [0.5, 0.6) is 0 Å². The quantitative estimate of drug-likeness (QED) is 0.406. The molecule has 1 aromatic carbocycles. The topological polar surface area (TPSA) is 98.2 Å². The molecule has 7 nitrogen and oxygen atoms in total. The maximum atomic E-state index is 14.2. The molecular weight excluding hydrogens is 464 g/mol. The summed E-state index contributed by atoms with van der Waals surface area (Å²) in [5.41, 5.74) is 0.533. The molecular formula is C24H29ClN2O5S. The molecule has 2 unspecified atom stereocenters. The molecule has 2 amide bonds. The van der Waals surface area contributed by atoms with Gasteiger partial charge in [-0.05, 0) is 44.7 Å². The van der Waals surface area contributed by atoms with Gasteiger partial charge in [-0.2, -0.15) is 0 Å².